The van der Waals surface area contributed by atoms with Gasteiger partial charge in [0.05, 0.1) is 13.2 Å². The van der Waals surface area contributed by atoms with Gasteiger partial charge in [-0.1, -0.05) is 0 Å². The highest BCUT2D eigenvalue weighted by Gasteiger charge is 2.09. The Kier molecular flexibility index (Phi) is 4.51. The number of hydrogen-bond donors (Lipinski definition) is 1. The number of thioether (sulfide) groups is 1. The standard InChI is InChI=1S/C12H17NO2S/c14-11-1-3-12(4-2-11)16-10-7-13-5-8-15-9-6-13/h1-4,14H,5-10H2. The Morgan fingerprint density at radius 2 is 1.88 bits per heavy atom. The maximum atomic E-state index is 9.15. The monoisotopic (exact) mass is 239 g/mol. The highest BCUT2D eigenvalue weighted by molar-refractivity contribution is 7.99. The molecule has 4 heteroatoms. The van der Waals surface area contributed by atoms with Crippen molar-refractivity contribution in [3.8, 4) is 5.75 Å². The van der Waals surface area contributed by atoms with Crippen LogP contribution in [0, 0.1) is 0 Å². The van der Waals surface area contributed by atoms with E-state index in [4.69, 9.17) is 9.84 Å². The van der Waals surface area contributed by atoms with Gasteiger partial charge in [0.15, 0.2) is 0 Å². The molecule has 0 radical (unpaired) electrons. The van der Waals surface area contributed by atoms with Crippen LogP contribution in [0.25, 0.3) is 0 Å². The molecule has 2 rings (SSSR count). The smallest absolute Gasteiger partial charge is 0.115 e. The fourth-order valence-corrected chi connectivity index (χ4v) is 2.57. The summed E-state index contributed by atoms with van der Waals surface area (Å²) in [4.78, 5) is 3.64. The summed E-state index contributed by atoms with van der Waals surface area (Å²) in [5, 5.41) is 9.15. The Morgan fingerprint density at radius 3 is 2.56 bits per heavy atom. The number of benzene rings is 1. The summed E-state index contributed by atoms with van der Waals surface area (Å²) in [5.74, 6) is 1.42. The second-order valence-electron chi connectivity index (χ2n) is 3.80. The van der Waals surface area contributed by atoms with Gasteiger partial charge >= 0.3 is 0 Å². The lowest BCUT2D eigenvalue weighted by atomic mass is 10.3. The number of rotatable bonds is 4. The van der Waals surface area contributed by atoms with Crippen LogP contribution in [-0.4, -0.2) is 48.6 Å². The molecule has 1 fully saturated rings. The SMILES string of the molecule is Oc1ccc(SCCN2CCOCC2)cc1. The first-order chi connectivity index (χ1) is 7.84. The Morgan fingerprint density at radius 1 is 1.19 bits per heavy atom. The third kappa shape index (κ3) is 3.70. The molecule has 0 bridgehead atoms. The molecular formula is C12H17NO2S. The molecule has 0 aliphatic carbocycles. The van der Waals surface area contributed by atoms with Gasteiger partial charge < -0.3 is 9.84 Å². The van der Waals surface area contributed by atoms with E-state index in [0.717, 1.165) is 38.6 Å². The van der Waals surface area contributed by atoms with Gasteiger partial charge in [-0.3, -0.25) is 4.90 Å². The molecule has 16 heavy (non-hydrogen) atoms. The molecule has 88 valence electrons. The predicted molar refractivity (Wildman–Crippen MR) is 66.1 cm³/mol. The minimum absolute atomic E-state index is 0.331. The number of nitrogens with zero attached hydrogens (tertiary/aromatic N) is 1. The molecule has 1 N–H and O–H groups in total. The summed E-state index contributed by atoms with van der Waals surface area (Å²) in [7, 11) is 0. The molecule has 1 aromatic carbocycles. The molecule has 1 saturated heterocycles. The zero-order valence-corrected chi connectivity index (χ0v) is 10.1. The van der Waals surface area contributed by atoms with Gasteiger partial charge in [-0.05, 0) is 24.3 Å². The van der Waals surface area contributed by atoms with E-state index < -0.39 is 0 Å². The summed E-state index contributed by atoms with van der Waals surface area (Å²) in [5.41, 5.74) is 0. The maximum Gasteiger partial charge on any atom is 0.115 e. The van der Waals surface area contributed by atoms with E-state index in [-0.39, 0.29) is 0 Å². The average Bonchev–Trinajstić information content (AvgIpc) is 2.33. The van der Waals surface area contributed by atoms with E-state index in [1.807, 2.05) is 23.9 Å². The Hall–Kier alpha value is -0.710. The lowest BCUT2D eigenvalue weighted by Crippen LogP contribution is -2.37. The van der Waals surface area contributed by atoms with E-state index in [2.05, 4.69) is 4.90 Å². The molecule has 0 amide bonds. The Labute approximate surface area is 100 Å². The second kappa shape index (κ2) is 6.13. The molecule has 0 atom stereocenters. The summed E-state index contributed by atoms with van der Waals surface area (Å²) < 4.78 is 5.30. The highest BCUT2D eigenvalue weighted by Crippen LogP contribution is 2.20. The van der Waals surface area contributed by atoms with Crippen molar-refractivity contribution < 1.29 is 9.84 Å². The van der Waals surface area contributed by atoms with Crippen molar-refractivity contribution in [3.05, 3.63) is 24.3 Å². The summed E-state index contributed by atoms with van der Waals surface area (Å²) in [6.07, 6.45) is 0. The lowest BCUT2D eigenvalue weighted by Gasteiger charge is -2.26. The van der Waals surface area contributed by atoms with E-state index in [9.17, 15) is 0 Å². The lowest BCUT2D eigenvalue weighted by molar-refractivity contribution is 0.0410. The van der Waals surface area contributed by atoms with E-state index in [1.54, 1.807) is 12.1 Å². The topological polar surface area (TPSA) is 32.7 Å². The van der Waals surface area contributed by atoms with Crippen LogP contribution >= 0.6 is 11.8 Å². The minimum Gasteiger partial charge on any atom is -0.508 e. The molecule has 1 aromatic rings. The fourth-order valence-electron chi connectivity index (χ4n) is 1.66. The first-order valence-corrected chi connectivity index (χ1v) is 6.55. The van der Waals surface area contributed by atoms with Gasteiger partial charge in [0.1, 0.15) is 5.75 Å². The third-order valence-corrected chi connectivity index (χ3v) is 3.61. The normalized spacial score (nSPS) is 17.5. The number of morpholine rings is 1. The molecule has 1 aliphatic rings. The van der Waals surface area contributed by atoms with E-state index >= 15 is 0 Å². The molecule has 0 saturated carbocycles. The molecule has 0 unspecified atom stereocenters. The zero-order valence-electron chi connectivity index (χ0n) is 9.26. The summed E-state index contributed by atoms with van der Waals surface area (Å²) in [6.45, 7) is 4.94. The summed E-state index contributed by atoms with van der Waals surface area (Å²) in [6, 6.07) is 7.38. The number of phenols is 1. The van der Waals surface area contributed by atoms with Crippen molar-refractivity contribution in [2.45, 2.75) is 4.90 Å². The summed E-state index contributed by atoms with van der Waals surface area (Å²) >= 11 is 1.83. The average molecular weight is 239 g/mol. The number of phenolic OH excluding ortho intramolecular Hbond substituents is 1. The quantitative estimate of drug-likeness (QED) is 0.812. The highest BCUT2D eigenvalue weighted by atomic mass is 32.2. The first-order valence-electron chi connectivity index (χ1n) is 5.56. The molecule has 1 aliphatic heterocycles. The van der Waals surface area contributed by atoms with Crippen LogP contribution < -0.4 is 0 Å². The third-order valence-electron chi connectivity index (χ3n) is 2.62. The van der Waals surface area contributed by atoms with Gasteiger partial charge in [0.2, 0.25) is 0 Å². The number of aromatic hydroxyl groups is 1. The minimum atomic E-state index is 0.331. The molecule has 3 nitrogen and oxygen atoms in total. The van der Waals surface area contributed by atoms with Crippen LogP contribution in [0.2, 0.25) is 0 Å². The predicted octanol–water partition coefficient (Wildman–Crippen LogP) is 1.82. The molecule has 0 aromatic heterocycles. The van der Waals surface area contributed by atoms with Gasteiger partial charge in [-0.15, -0.1) is 11.8 Å². The van der Waals surface area contributed by atoms with Crippen LogP contribution in [0.4, 0.5) is 0 Å². The molecule has 0 spiro atoms. The second-order valence-corrected chi connectivity index (χ2v) is 4.96. The maximum absolute atomic E-state index is 9.15. The van der Waals surface area contributed by atoms with Gasteiger partial charge in [0.25, 0.3) is 0 Å². The van der Waals surface area contributed by atoms with Crippen LogP contribution in [0.5, 0.6) is 5.75 Å². The van der Waals surface area contributed by atoms with Gasteiger partial charge in [-0.25, -0.2) is 0 Å². The number of ether oxygens (including phenoxy) is 1. The van der Waals surface area contributed by atoms with Gasteiger partial charge in [-0.2, -0.15) is 0 Å². The molecule has 1 heterocycles. The fraction of sp³-hybridized carbons (Fsp3) is 0.500. The van der Waals surface area contributed by atoms with Gasteiger partial charge in [0, 0.05) is 30.3 Å². The van der Waals surface area contributed by atoms with E-state index in [0.29, 0.717) is 5.75 Å². The molecular weight excluding hydrogens is 222 g/mol. The Balaban J connectivity index is 1.69. The zero-order chi connectivity index (χ0) is 11.2. The van der Waals surface area contributed by atoms with Crippen molar-refractivity contribution in [3.63, 3.8) is 0 Å². The number of hydrogen-bond acceptors (Lipinski definition) is 4. The Bertz CT molecular complexity index is 309. The van der Waals surface area contributed by atoms with Crippen LogP contribution in [0.15, 0.2) is 29.2 Å². The van der Waals surface area contributed by atoms with Crippen molar-refractivity contribution >= 4 is 11.8 Å². The van der Waals surface area contributed by atoms with Crippen molar-refractivity contribution in [2.24, 2.45) is 0 Å². The van der Waals surface area contributed by atoms with Crippen LogP contribution in [0.3, 0.4) is 0 Å². The van der Waals surface area contributed by atoms with Crippen molar-refractivity contribution in [1.82, 2.24) is 4.90 Å². The van der Waals surface area contributed by atoms with E-state index in [1.165, 1.54) is 4.90 Å². The largest absolute Gasteiger partial charge is 0.508 e. The first kappa shape index (κ1) is 11.8. The van der Waals surface area contributed by atoms with Crippen molar-refractivity contribution in [2.75, 3.05) is 38.6 Å². The van der Waals surface area contributed by atoms with Crippen LogP contribution in [0.1, 0.15) is 0 Å². The van der Waals surface area contributed by atoms with Crippen LogP contribution in [-0.2, 0) is 4.74 Å². The van der Waals surface area contributed by atoms with Crippen molar-refractivity contribution in [1.29, 1.82) is 0 Å².